The summed E-state index contributed by atoms with van der Waals surface area (Å²) in [6.07, 6.45) is 0.885. The number of amides is 1. The molecule has 12 nitrogen and oxygen atoms in total. The Labute approximate surface area is 200 Å². The first-order valence-corrected chi connectivity index (χ1v) is 10.7. The summed E-state index contributed by atoms with van der Waals surface area (Å²) < 4.78 is 16.8. The molecule has 12 heteroatoms. The van der Waals surface area contributed by atoms with Gasteiger partial charge in [-0.2, -0.15) is 4.68 Å². The van der Waals surface area contributed by atoms with E-state index >= 15 is 0 Å². The van der Waals surface area contributed by atoms with Gasteiger partial charge in [0.25, 0.3) is 5.91 Å². The second-order valence-electron chi connectivity index (χ2n) is 7.33. The van der Waals surface area contributed by atoms with Crippen molar-refractivity contribution < 1.29 is 18.9 Å². The maximum absolute atomic E-state index is 13.1. The molecule has 0 aliphatic heterocycles. The number of hydrogen-bond donors (Lipinski definition) is 3. The topological polar surface area (TPSA) is 155 Å². The first kappa shape index (κ1) is 23.3. The zero-order chi connectivity index (χ0) is 24.8. The second-order valence-corrected chi connectivity index (χ2v) is 7.33. The van der Waals surface area contributed by atoms with Crippen molar-refractivity contribution in [2.45, 2.75) is 13.3 Å². The summed E-state index contributed by atoms with van der Waals surface area (Å²) in [6.45, 7) is 6.57. The maximum Gasteiger partial charge on any atom is 0.292 e. The maximum atomic E-state index is 13.1. The Kier molecular flexibility index (Phi) is 6.91. The molecule has 4 N–H and O–H groups in total. The molecule has 0 unspecified atom stereocenters. The average molecular weight is 476 g/mol. The van der Waals surface area contributed by atoms with Crippen LogP contribution in [0.1, 0.15) is 29.4 Å². The number of nitrogen functional groups attached to an aromatic ring is 1. The highest BCUT2D eigenvalue weighted by Gasteiger charge is 2.25. The van der Waals surface area contributed by atoms with Crippen molar-refractivity contribution in [1.82, 2.24) is 36.2 Å². The van der Waals surface area contributed by atoms with Crippen molar-refractivity contribution in [3.63, 3.8) is 0 Å². The summed E-state index contributed by atoms with van der Waals surface area (Å²) in [7, 11) is 1.58. The van der Waals surface area contributed by atoms with E-state index < -0.39 is 5.91 Å². The number of rotatable bonds is 10. The zero-order valence-electron chi connectivity index (χ0n) is 19.2. The van der Waals surface area contributed by atoms with Gasteiger partial charge < -0.3 is 15.2 Å². The minimum Gasteiger partial charge on any atom is -0.497 e. The normalized spacial score (nSPS) is 10.6. The molecule has 35 heavy (non-hydrogen) atoms. The van der Waals surface area contributed by atoms with Crippen LogP contribution in [0.5, 0.6) is 11.5 Å². The van der Waals surface area contributed by atoms with Gasteiger partial charge in [-0.05, 0) is 70.8 Å². The average Bonchev–Trinajstić information content (AvgIpc) is 3.52. The molecule has 4 aromatic rings. The van der Waals surface area contributed by atoms with Crippen LogP contribution in [0, 0.1) is 0 Å². The summed E-state index contributed by atoms with van der Waals surface area (Å²) >= 11 is 0. The minimum absolute atomic E-state index is 0.00276. The van der Waals surface area contributed by atoms with Crippen molar-refractivity contribution in [2.75, 3.05) is 19.5 Å². The molecule has 1 amide bonds. The van der Waals surface area contributed by atoms with Gasteiger partial charge in [-0.3, -0.25) is 15.6 Å². The highest BCUT2D eigenvalue weighted by atomic mass is 16.6. The molecule has 0 atom stereocenters. The van der Waals surface area contributed by atoms with Crippen molar-refractivity contribution in [2.24, 2.45) is 0 Å². The Morgan fingerprint density at radius 3 is 2.43 bits per heavy atom. The standard InChI is InChI=1S/C23H24N8O4/c1-4-13-34-18-11-7-16(8-12-18)20-19(26-30-31(20)22-21(24)28-35-29-22)23(32)27-25-14(2)15-5-9-17(33-3)10-6-15/h5-12,25H,2,4,13H2,1,3H3,(H2,24,28)(H,27,32). The van der Waals surface area contributed by atoms with Gasteiger partial charge in [0.05, 0.1) is 19.4 Å². The van der Waals surface area contributed by atoms with E-state index in [0.717, 1.165) is 12.0 Å². The number of ether oxygens (including phenoxy) is 2. The Balaban J connectivity index is 1.60. The van der Waals surface area contributed by atoms with Crippen LogP contribution in [0.15, 0.2) is 59.7 Å². The molecule has 0 radical (unpaired) electrons. The predicted octanol–water partition coefficient (Wildman–Crippen LogP) is 2.60. The lowest BCUT2D eigenvalue weighted by molar-refractivity contribution is 0.0938. The monoisotopic (exact) mass is 476 g/mol. The van der Waals surface area contributed by atoms with Crippen LogP contribution >= 0.6 is 0 Å². The zero-order valence-corrected chi connectivity index (χ0v) is 19.2. The largest absolute Gasteiger partial charge is 0.497 e. The highest BCUT2D eigenvalue weighted by Crippen LogP contribution is 2.28. The van der Waals surface area contributed by atoms with E-state index in [1.54, 1.807) is 43.5 Å². The smallest absolute Gasteiger partial charge is 0.292 e. The summed E-state index contributed by atoms with van der Waals surface area (Å²) in [5.41, 5.74) is 13.5. The van der Waals surface area contributed by atoms with Crippen molar-refractivity contribution in [3.8, 4) is 28.6 Å². The number of nitrogens with zero attached hydrogens (tertiary/aromatic N) is 5. The van der Waals surface area contributed by atoms with E-state index in [9.17, 15) is 4.79 Å². The second kappa shape index (κ2) is 10.4. The van der Waals surface area contributed by atoms with Gasteiger partial charge in [-0.25, -0.2) is 4.63 Å². The number of anilines is 1. The summed E-state index contributed by atoms with van der Waals surface area (Å²) in [6, 6.07) is 14.3. The van der Waals surface area contributed by atoms with Crippen molar-refractivity contribution in [3.05, 3.63) is 66.4 Å². The SMILES string of the molecule is C=C(NNC(=O)c1nnn(-c2nonc2N)c1-c1ccc(OCCC)cc1)c1ccc(OC)cc1. The fourth-order valence-corrected chi connectivity index (χ4v) is 3.16. The van der Waals surface area contributed by atoms with Gasteiger partial charge in [-0.1, -0.05) is 18.7 Å². The number of hydrazine groups is 1. The van der Waals surface area contributed by atoms with E-state index in [2.05, 4.69) is 38.1 Å². The van der Waals surface area contributed by atoms with Crippen LogP contribution in [0.25, 0.3) is 22.8 Å². The number of carbonyl (C=O) groups excluding carboxylic acids is 1. The van der Waals surface area contributed by atoms with Crippen molar-refractivity contribution in [1.29, 1.82) is 0 Å². The fraction of sp³-hybridized carbons (Fsp3) is 0.174. The van der Waals surface area contributed by atoms with Gasteiger partial charge in [-0.15, -0.1) is 5.10 Å². The molecule has 0 aliphatic rings. The fourth-order valence-electron chi connectivity index (χ4n) is 3.16. The number of nitrogens with two attached hydrogens (primary N) is 1. The Morgan fingerprint density at radius 2 is 1.80 bits per heavy atom. The lowest BCUT2D eigenvalue weighted by atomic mass is 10.1. The van der Waals surface area contributed by atoms with Gasteiger partial charge in [0.1, 0.15) is 17.2 Å². The lowest BCUT2D eigenvalue weighted by Crippen LogP contribution is -2.36. The number of carbonyl (C=O) groups is 1. The van der Waals surface area contributed by atoms with Gasteiger partial charge in [0.2, 0.25) is 11.6 Å². The quantitative estimate of drug-likeness (QED) is 0.291. The third-order valence-electron chi connectivity index (χ3n) is 4.95. The van der Waals surface area contributed by atoms with E-state index in [4.69, 9.17) is 19.8 Å². The van der Waals surface area contributed by atoms with Crippen LogP contribution in [-0.2, 0) is 0 Å². The summed E-state index contributed by atoms with van der Waals surface area (Å²) in [4.78, 5) is 13.1. The third-order valence-corrected chi connectivity index (χ3v) is 4.95. The molecule has 0 fully saturated rings. The molecule has 0 spiro atoms. The highest BCUT2D eigenvalue weighted by molar-refractivity contribution is 5.98. The molecule has 2 aromatic heterocycles. The molecular formula is C23H24N8O4. The minimum atomic E-state index is -0.553. The first-order valence-electron chi connectivity index (χ1n) is 10.7. The number of hydrogen-bond acceptors (Lipinski definition) is 10. The lowest BCUT2D eigenvalue weighted by Gasteiger charge is -2.12. The third kappa shape index (κ3) is 5.05. The molecule has 2 aromatic carbocycles. The summed E-state index contributed by atoms with van der Waals surface area (Å²) in [5.74, 6) is 0.952. The van der Waals surface area contributed by atoms with Crippen LogP contribution in [0.3, 0.4) is 0 Å². The van der Waals surface area contributed by atoms with E-state index in [0.29, 0.717) is 35.1 Å². The van der Waals surface area contributed by atoms with Gasteiger partial charge >= 0.3 is 0 Å². The molecule has 0 saturated carbocycles. The van der Waals surface area contributed by atoms with Crippen LogP contribution in [0.4, 0.5) is 5.82 Å². The number of nitrogens with one attached hydrogen (secondary N) is 2. The number of benzene rings is 2. The van der Waals surface area contributed by atoms with Gasteiger partial charge in [0, 0.05) is 5.56 Å². The van der Waals surface area contributed by atoms with Crippen molar-refractivity contribution >= 4 is 17.4 Å². The van der Waals surface area contributed by atoms with Crippen LogP contribution in [-0.4, -0.2) is 44.9 Å². The first-order chi connectivity index (χ1) is 17.0. The number of aromatic nitrogens is 5. The van der Waals surface area contributed by atoms with Crippen LogP contribution in [0.2, 0.25) is 0 Å². The van der Waals surface area contributed by atoms with E-state index in [1.165, 1.54) is 4.68 Å². The molecule has 0 aliphatic carbocycles. The molecule has 0 bridgehead atoms. The molecular weight excluding hydrogens is 452 g/mol. The molecule has 0 saturated heterocycles. The predicted molar refractivity (Wildman–Crippen MR) is 127 cm³/mol. The molecule has 2 heterocycles. The van der Waals surface area contributed by atoms with E-state index in [-0.39, 0.29) is 17.3 Å². The van der Waals surface area contributed by atoms with Gasteiger partial charge in [0.15, 0.2) is 5.69 Å². The molecule has 4 rings (SSSR count). The van der Waals surface area contributed by atoms with E-state index in [1.807, 2.05) is 19.1 Å². The van der Waals surface area contributed by atoms with Crippen LogP contribution < -0.4 is 26.1 Å². The summed E-state index contributed by atoms with van der Waals surface area (Å²) in [5, 5.41) is 15.5. The Hall–Kier alpha value is -4.87. The Bertz CT molecular complexity index is 1310. The molecule has 180 valence electrons. The number of methoxy groups -OCH3 is 1. The Morgan fingerprint density at radius 1 is 1.09 bits per heavy atom.